The molecule has 0 radical (unpaired) electrons. The Hall–Kier alpha value is -7.16. The SMILES string of the molecule is C1=CCCC(c2ccc3ccccc3c2-c2ccc3c(c2)oc2ccc4c(ccc5oc6cc(-c7c(-c8ccccc8)ccc8ccccc78)ccc6c54)c23)=C1. The minimum Gasteiger partial charge on any atom is -0.456 e. The van der Waals surface area contributed by atoms with Crippen molar-refractivity contribution in [3.63, 3.8) is 0 Å². The monoisotopic (exact) mass is 714 g/mol. The van der Waals surface area contributed by atoms with Gasteiger partial charge in [-0.25, -0.2) is 0 Å². The van der Waals surface area contributed by atoms with Gasteiger partial charge >= 0.3 is 0 Å². The van der Waals surface area contributed by atoms with E-state index in [-0.39, 0.29) is 0 Å². The fraction of sp³-hybridized carbons (Fsp3) is 0.0370. The number of benzene rings is 9. The molecule has 0 unspecified atom stereocenters. The van der Waals surface area contributed by atoms with Crippen LogP contribution < -0.4 is 0 Å². The molecule has 0 saturated carbocycles. The van der Waals surface area contributed by atoms with Crippen molar-refractivity contribution >= 4 is 81.8 Å². The first-order chi connectivity index (χ1) is 27.8. The van der Waals surface area contributed by atoms with E-state index >= 15 is 0 Å². The van der Waals surface area contributed by atoms with Crippen LogP contribution in [0, 0.1) is 0 Å². The van der Waals surface area contributed by atoms with Gasteiger partial charge in [-0.2, -0.15) is 0 Å². The van der Waals surface area contributed by atoms with Gasteiger partial charge in [0, 0.05) is 21.5 Å². The van der Waals surface area contributed by atoms with Gasteiger partial charge in [-0.05, 0) is 138 Å². The largest absolute Gasteiger partial charge is 0.456 e. The minimum atomic E-state index is 0.883. The normalized spacial score (nSPS) is 13.2. The molecule has 1 aliphatic rings. The third-order valence-electron chi connectivity index (χ3n) is 11.9. The molecule has 56 heavy (non-hydrogen) atoms. The van der Waals surface area contributed by atoms with E-state index in [1.807, 2.05) is 0 Å². The third-order valence-corrected chi connectivity index (χ3v) is 11.9. The Labute approximate surface area is 323 Å². The van der Waals surface area contributed by atoms with E-state index in [2.05, 4.69) is 182 Å². The molecule has 0 spiro atoms. The summed E-state index contributed by atoms with van der Waals surface area (Å²) in [4.78, 5) is 0. The van der Waals surface area contributed by atoms with Crippen molar-refractivity contribution in [2.75, 3.05) is 0 Å². The van der Waals surface area contributed by atoms with E-state index in [1.165, 1.54) is 65.9 Å². The van der Waals surface area contributed by atoms with Crippen LogP contribution in [-0.2, 0) is 0 Å². The van der Waals surface area contributed by atoms with Crippen LogP contribution in [0.2, 0.25) is 0 Å². The third kappa shape index (κ3) is 4.69. The number of allylic oxidation sites excluding steroid dienone is 4. The van der Waals surface area contributed by atoms with Crippen LogP contribution in [-0.4, -0.2) is 0 Å². The van der Waals surface area contributed by atoms with Crippen LogP contribution in [0.3, 0.4) is 0 Å². The minimum absolute atomic E-state index is 0.883. The van der Waals surface area contributed by atoms with Crippen LogP contribution in [0.25, 0.3) is 115 Å². The van der Waals surface area contributed by atoms with Crippen molar-refractivity contribution < 1.29 is 8.83 Å². The molecule has 2 nitrogen and oxygen atoms in total. The van der Waals surface area contributed by atoms with Crippen molar-refractivity contribution in [2.45, 2.75) is 12.8 Å². The summed E-state index contributed by atoms with van der Waals surface area (Å²) >= 11 is 0. The van der Waals surface area contributed by atoms with E-state index in [4.69, 9.17) is 8.83 Å². The lowest BCUT2D eigenvalue weighted by Crippen LogP contribution is -1.94. The Morgan fingerprint density at radius 2 is 0.911 bits per heavy atom. The van der Waals surface area contributed by atoms with E-state index in [0.717, 1.165) is 67.7 Å². The van der Waals surface area contributed by atoms with Crippen LogP contribution in [0.4, 0.5) is 0 Å². The highest BCUT2D eigenvalue weighted by Crippen LogP contribution is 2.45. The first kappa shape index (κ1) is 31.2. The molecule has 0 N–H and O–H groups in total. The van der Waals surface area contributed by atoms with Gasteiger partial charge in [0.1, 0.15) is 22.3 Å². The quantitative estimate of drug-likeness (QED) is 0.181. The highest BCUT2D eigenvalue weighted by Gasteiger charge is 2.20. The average Bonchev–Trinajstić information content (AvgIpc) is 3.84. The van der Waals surface area contributed by atoms with Gasteiger partial charge in [-0.15, -0.1) is 0 Å². The Kier molecular flexibility index (Phi) is 6.79. The summed E-state index contributed by atoms with van der Waals surface area (Å²) in [7, 11) is 0. The van der Waals surface area contributed by atoms with Crippen LogP contribution >= 0.6 is 0 Å². The zero-order chi connectivity index (χ0) is 36.7. The second-order valence-corrected chi connectivity index (χ2v) is 15.0. The lowest BCUT2D eigenvalue weighted by Gasteiger charge is -2.17. The molecule has 0 amide bonds. The Bertz CT molecular complexity index is 3460. The lowest BCUT2D eigenvalue weighted by atomic mass is 9.86. The summed E-state index contributed by atoms with van der Waals surface area (Å²) in [5, 5.41) is 11.8. The molecule has 0 saturated heterocycles. The first-order valence-corrected chi connectivity index (χ1v) is 19.5. The Morgan fingerprint density at radius 3 is 1.50 bits per heavy atom. The predicted molar refractivity (Wildman–Crippen MR) is 236 cm³/mol. The number of hydrogen-bond donors (Lipinski definition) is 0. The Morgan fingerprint density at radius 1 is 0.375 bits per heavy atom. The van der Waals surface area contributed by atoms with Crippen molar-refractivity contribution in [1.82, 2.24) is 0 Å². The lowest BCUT2D eigenvalue weighted by molar-refractivity contribution is 0.668. The molecule has 9 aromatic carbocycles. The van der Waals surface area contributed by atoms with Crippen LogP contribution in [0.1, 0.15) is 18.4 Å². The zero-order valence-electron chi connectivity index (χ0n) is 30.6. The van der Waals surface area contributed by atoms with Gasteiger partial charge < -0.3 is 8.83 Å². The highest BCUT2D eigenvalue weighted by molar-refractivity contribution is 6.28. The number of fused-ring (bicyclic) bond motifs is 11. The van der Waals surface area contributed by atoms with Gasteiger partial charge in [0.05, 0.1) is 0 Å². The fourth-order valence-electron chi connectivity index (χ4n) is 9.38. The second kappa shape index (κ2) is 12.2. The zero-order valence-corrected chi connectivity index (χ0v) is 30.6. The first-order valence-electron chi connectivity index (χ1n) is 19.5. The second-order valence-electron chi connectivity index (χ2n) is 15.0. The molecule has 12 rings (SSSR count). The molecule has 0 aliphatic heterocycles. The van der Waals surface area contributed by atoms with Crippen LogP contribution in [0.15, 0.2) is 191 Å². The van der Waals surface area contributed by atoms with Crippen LogP contribution in [0.5, 0.6) is 0 Å². The molecule has 2 aromatic heterocycles. The average molecular weight is 715 g/mol. The molecule has 262 valence electrons. The molecule has 2 heteroatoms. The molecular weight excluding hydrogens is 681 g/mol. The molecule has 0 atom stereocenters. The van der Waals surface area contributed by atoms with Gasteiger partial charge in [-0.3, -0.25) is 0 Å². The van der Waals surface area contributed by atoms with Gasteiger partial charge in [0.15, 0.2) is 0 Å². The maximum atomic E-state index is 6.70. The molecule has 2 heterocycles. The molecule has 0 bridgehead atoms. The maximum absolute atomic E-state index is 6.70. The topological polar surface area (TPSA) is 26.3 Å². The smallest absolute Gasteiger partial charge is 0.136 e. The van der Waals surface area contributed by atoms with E-state index in [0.29, 0.717) is 0 Å². The number of rotatable bonds is 4. The summed E-state index contributed by atoms with van der Waals surface area (Å²) in [5.74, 6) is 0. The summed E-state index contributed by atoms with van der Waals surface area (Å²) in [6, 6.07) is 59.3. The standard InChI is InChI=1S/C54H34O2/c1-3-11-33(12-4-1)41-23-19-35-15-7-9-17-39(35)51(41)37-21-25-45-49(31-37)55-47-29-27-44-43(53(45)47)28-30-48-54(44)46-26-22-38(32-50(46)56-48)52-40-18-10-8-16-36(40)20-24-42(52)34-13-5-2-6-14-34/h1-5,7-13,15-32H,6,14H2. The van der Waals surface area contributed by atoms with Crippen molar-refractivity contribution in [3.05, 3.63) is 188 Å². The number of furan rings is 2. The van der Waals surface area contributed by atoms with Crippen molar-refractivity contribution in [2.24, 2.45) is 0 Å². The Balaban J connectivity index is 1.03. The predicted octanol–water partition coefficient (Wildman–Crippen LogP) is 15.7. The van der Waals surface area contributed by atoms with E-state index < -0.39 is 0 Å². The van der Waals surface area contributed by atoms with Gasteiger partial charge in [-0.1, -0.05) is 133 Å². The van der Waals surface area contributed by atoms with Crippen molar-refractivity contribution in [3.8, 4) is 33.4 Å². The summed E-state index contributed by atoms with van der Waals surface area (Å²) < 4.78 is 13.4. The summed E-state index contributed by atoms with van der Waals surface area (Å²) in [6.07, 6.45) is 8.82. The van der Waals surface area contributed by atoms with Gasteiger partial charge in [0.2, 0.25) is 0 Å². The summed E-state index contributed by atoms with van der Waals surface area (Å²) in [6.45, 7) is 0. The van der Waals surface area contributed by atoms with Crippen molar-refractivity contribution in [1.29, 1.82) is 0 Å². The number of hydrogen-bond acceptors (Lipinski definition) is 2. The molecular formula is C54H34O2. The maximum Gasteiger partial charge on any atom is 0.136 e. The molecule has 1 aliphatic carbocycles. The fourth-order valence-corrected chi connectivity index (χ4v) is 9.38. The van der Waals surface area contributed by atoms with E-state index in [1.54, 1.807) is 0 Å². The summed E-state index contributed by atoms with van der Waals surface area (Å²) in [5.41, 5.74) is 13.4. The molecule has 11 aromatic rings. The van der Waals surface area contributed by atoms with Gasteiger partial charge in [0.25, 0.3) is 0 Å². The highest BCUT2D eigenvalue weighted by atomic mass is 16.3. The molecule has 0 fully saturated rings. The van der Waals surface area contributed by atoms with E-state index in [9.17, 15) is 0 Å².